The van der Waals surface area contributed by atoms with E-state index in [1.807, 2.05) is 24.9 Å². The summed E-state index contributed by atoms with van der Waals surface area (Å²) in [4.78, 5) is 28.7. The molecule has 1 aliphatic rings. The van der Waals surface area contributed by atoms with Gasteiger partial charge in [0.1, 0.15) is 12.7 Å². The second-order valence-electron chi connectivity index (χ2n) is 10.1. The minimum atomic E-state index is 0.00463. The van der Waals surface area contributed by atoms with Gasteiger partial charge in [-0.05, 0) is 43.1 Å². The van der Waals surface area contributed by atoms with Gasteiger partial charge < -0.3 is 10.2 Å². The van der Waals surface area contributed by atoms with Gasteiger partial charge in [-0.15, -0.1) is 0 Å². The molecule has 7 nitrogen and oxygen atoms in total. The Kier molecular flexibility index (Phi) is 19.7. The van der Waals surface area contributed by atoms with Crippen molar-refractivity contribution in [3.05, 3.63) is 48.0 Å². The fourth-order valence-corrected chi connectivity index (χ4v) is 4.85. The molecule has 3 rings (SSSR count). The van der Waals surface area contributed by atoms with Crippen molar-refractivity contribution in [2.24, 2.45) is 11.3 Å². The van der Waals surface area contributed by atoms with Crippen LogP contribution in [0, 0.1) is 18.3 Å². The van der Waals surface area contributed by atoms with Crippen LogP contribution in [0.2, 0.25) is 0 Å². The fraction of sp³-hybridized carbons (Fsp3) is 0.688. The molecule has 2 amide bonds. The first-order chi connectivity index (χ1) is 18.7. The van der Waals surface area contributed by atoms with E-state index in [9.17, 15) is 9.59 Å². The first-order valence-corrected chi connectivity index (χ1v) is 15.1. The van der Waals surface area contributed by atoms with Gasteiger partial charge in [0.15, 0.2) is 0 Å². The molecule has 0 radical (unpaired) electrons. The lowest BCUT2D eigenvalue weighted by atomic mass is 9.66. The lowest BCUT2D eigenvalue weighted by molar-refractivity contribution is -0.134. The minimum absolute atomic E-state index is 0.00463. The minimum Gasteiger partial charge on any atom is -0.359 e. The van der Waals surface area contributed by atoms with Gasteiger partial charge >= 0.3 is 0 Å². The molecule has 1 aliphatic heterocycles. The molecular weight excluding hydrogens is 486 g/mol. The average Bonchev–Trinajstić information content (AvgIpc) is 3.48. The molecule has 7 heteroatoms. The number of nitrogens with one attached hydrogen (secondary N) is 1. The molecule has 1 N–H and O–H groups in total. The highest BCUT2D eigenvalue weighted by Crippen LogP contribution is 2.43. The monoisotopic (exact) mass is 543 g/mol. The van der Waals surface area contributed by atoms with Crippen molar-refractivity contribution in [1.29, 1.82) is 0 Å². The molecule has 0 atom stereocenters. The van der Waals surface area contributed by atoms with Crippen LogP contribution >= 0.6 is 0 Å². The number of nitrogens with zero attached hydrogens (tertiary/aromatic N) is 4. The molecule has 0 unspecified atom stereocenters. The number of carbonyl (C=O) groups is 2. The van der Waals surface area contributed by atoms with Crippen molar-refractivity contribution in [1.82, 2.24) is 25.0 Å². The average molecular weight is 544 g/mol. The van der Waals surface area contributed by atoms with Crippen LogP contribution in [0.5, 0.6) is 0 Å². The molecule has 0 spiro atoms. The number of aromatic nitrogens is 3. The number of aryl methyl sites for hydroxylation is 2. The van der Waals surface area contributed by atoms with E-state index < -0.39 is 0 Å². The van der Waals surface area contributed by atoms with Gasteiger partial charge in [0.2, 0.25) is 11.8 Å². The number of carbonyl (C=O) groups excluding carboxylic acids is 2. The zero-order valence-electron chi connectivity index (χ0n) is 26.4. The van der Waals surface area contributed by atoms with Crippen LogP contribution in [-0.4, -0.2) is 51.6 Å². The highest BCUT2D eigenvalue weighted by atomic mass is 16.2. The van der Waals surface area contributed by atoms with Crippen molar-refractivity contribution < 1.29 is 9.59 Å². The van der Waals surface area contributed by atoms with E-state index in [-0.39, 0.29) is 11.3 Å². The Morgan fingerprint density at radius 3 is 1.95 bits per heavy atom. The second kappa shape index (κ2) is 21.2. The van der Waals surface area contributed by atoms with Crippen LogP contribution in [0.3, 0.4) is 0 Å². The van der Waals surface area contributed by atoms with Crippen molar-refractivity contribution in [2.75, 3.05) is 20.1 Å². The molecule has 1 aromatic carbocycles. The highest BCUT2D eigenvalue weighted by Gasteiger charge is 2.41. The van der Waals surface area contributed by atoms with E-state index in [4.69, 9.17) is 0 Å². The number of rotatable bonds is 9. The Labute approximate surface area is 239 Å². The van der Waals surface area contributed by atoms with Crippen molar-refractivity contribution in [2.45, 2.75) is 113 Å². The largest absolute Gasteiger partial charge is 0.359 e. The first kappa shape index (κ1) is 36.3. The number of unbranched alkanes of at least 4 members (excludes halogenated alkanes) is 1. The number of likely N-dealkylation sites (tertiary alicyclic amines) is 1. The zero-order valence-corrected chi connectivity index (χ0v) is 26.4. The number of hydrogen-bond donors (Lipinski definition) is 1. The topological polar surface area (TPSA) is 80.1 Å². The number of benzene rings is 1. The summed E-state index contributed by atoms with van der Waals surface area (Å²) in [6.07, 6.45) is 12.0. The normalized spacial score (nSPS) is 13.6. The molecule has 1 fully saturated rings. The van der Waals surface area contributed by atoms with Crippen LogP contribution in [0.25, 0.3) is 0 Å². The van der Waals surface area contributed by atoms with Gasteiger partial charge in [0.05, 0.1) is 0 Å². The van der Waals surface area contributed by atoms with E-state index in [1.54, 1.807) is 13.4 Å². The van der Waals surface area contributed by atoms with Gasteiger partial charge in [0.25, 0.3) is 0 Å². The molecule has 222 valence electrons. The molecule has 2 heterocycles. The van der Waals surface area contributed by atoms with Gasteiger partial charge in [-0.3, -0.25) is 14.3 Å². The van der Waals surface area contributed by atoms with Crippen molar-refractivity contribution >= 4 is 11.8 Å². The third kappa shape index (κ3) is 13.8. The predicted molar refractivity (Wildman–Crippen MR) is 164 cm³/mol. The summed E-state index contributed by atoms with van der Waals surface area (Å²) in [7, 11) is 1.60. The zero-order chi connectivity index (χ0) is 29.7. The van der Waals surface area contributed by atoms with E-state index >= 15 is 0 Å². The van der Waals surface area contributed by atoms with Gasteiger partial charge in [-0.1, -0.05) is 97.1 Å². The maximum atomic E-state index is 12.8. The third-order valence-corrected chi connectivity index (χ3v) is 7.51. The summed E-state index contributed by atoms with van der Waals surface area (Å²) >= 11 is 0. The van der Waals surface area contributed by atoms with E-state index in [2.05, 4.69) is 79.2 Å². The molecular formula is C32H57N5O2. The summed E-state index contributed by atoms with van der Waals surface area (Å²) < 4.78 is 1.98. The fourth-order valence-electron chi connectivity index (χ4n) is 4.85. The van der Waals surface area contributed by atoms with E-state index in [0.29, 0.717) is 18.2 Å². The summed E-state index contributed by atoms with van der Waals surface area (Å²) in [5.74, 6) is 0.950. The lowest BCUT2D eigenvalue weighted by Gasteiger charge is -2.46. The van der Waals surface area contributed by atoms with Gasteiger partial charge in [0, 0.05) is 40.0 Å². The Bertz CT molecular complexity index is 866. The van der Waals surface area contributed by atoms with E-state index in [0.717, 1.165) is 38.9 Å². The molecule has 1 aromatic heterocycles. The van der Waals surface area contributed by atoms with Gasteiger partial charge in [-0.25, -0.2) is 4.98 Å². The van der Waals surface area contributed by atoms with Crippen LogP contribution in [0.15, 0.2) is 36.9 Å². The summed E-state index contributed by atoms with van der Waals surface area (Å²) in [6, 6.07) is 8.51. The van der Waals surface area contributed by atoms with Gasteiger partial charge in [-0.2, -0.15) is 5.10 Å². The van der Waals surface area contributed by atoms with Crippen molar-refractivity contribution in [3.63, 3.8) is 0 Å². The molecule has 0 bridgehead atoms. The Balaban J connectivity index is 0.00000112. The number of piperidine rings is 1. The molecule has 0 saturated carbocycles. The number of amides is 2. The first-order valence-electron chi connectivity index (χ1n) is 15.1. The Morgan fingerprint density at radius 2 is 1.54 bits per heavy atom. The quantitative estimate of drug-likeness (QED) is 0.375. The second-order valence-corrected chi connectivity index (χ2v) is 10.1. The van der Waals surface area contributed by atoms with Crippen molar-refractivity contribution in [3.8, 4) is 0 Å². The molecule has 0 aliphatic carbocycles. The Hall–Kier alpha value is -2.70. The van der Waals surface area contributed by atoms with Crippen LogP contribution in [-0.2, 0) is 22.6 Å². The summed E-state index contributed by atoms with van der Waals surface area (Å²) in [6.45, 7) is 19.1. The maximum Gasteiger partial charge on any atom is 0.222 e. The Morgan fingerprint density at radius 1 is 1.00 bits per heavy atom. The summed E-state index contributed by atoms with van der Waals surface area (Å²) in [5.41, 5.74) is 2.72. The molecule has 1 saturated heterocycles. The standard InChI is InChI=1S/C23H34N4O.C4H10.C3H7NO.C2H6/c1-4-21(5-2)23(16-27-18-24-17-25-27)12-14-26(15-13-23)22(28)11-10-20-8-6-19(3)7-9-20;1-3-4-2;1-3(5)4-2;1-2/h6-9,17-18,21H,4-5,10-16H2,1-3H3;3-4H2,1-2H3;1-2H3,(H,4,5);1-2H3. The smallest absolute Gasteiger partial charge is 0.222 e. The third-order valence-electron chi connectivity index (χ3n) is 7.51. The number of hydrogen-bond acceptors (Lipinski definition) is 4. The highest BCUT2D eigenvalue weighted by molar-refractivity contribution is 5.76. The molecule has 39 heavy (non-hydrogen) atoms. The molecule has 2 aromatic rings. The predicted octanol–water partition coefficient (Wildman–Crippen LogP) is 6.85. The van der Waals surface area contributed by atoms with E-state index in [1.165, 1.54) is 43.7 Å². The van der Waals surface area contributed by atoms with Crippen LogP contribution in [0.4, 0.5) is 0 Å². The van der Waals surface area contributed by atoms with Crippen LogP contribution in [0.1, 0.15) is 105 Å². The SMILES string of the molecule is CC.CCC(CC)C1(Cn2cncn2)CCN(C(=O)CCc2ccc(C)cc2)CC1.CCCC.CNC(C)=O. The maximum absolute atomic E-state index is 12.8. The van der Waals surface area contributed by atoms with Crippen LogP contribution < -0.4 is 5.32 Å². The summed E-state index contributed by atoms with van der Waals surface area (Å²) in [5, 5.41) is 6.74. The lowest BCUT2D eigenvalue weighted by Crippen LogP contribution is -2.48.